The monoisotopic (exact) mass is 382 g/mol. The van der Waals surface area contributed by atoms with Gasteiger partial charge in [0.2, 0.25) is 5.82 Å². The van der Waals surface area contributed by atoms with Crippen molar-refractivity contribution in [3.8, 4) is 17.1 Å². The van der Waals surface area contributed by atoms with Crippen molar-refractivity contribution in [2.75, 3.05) is 5.32 Å². The highest BCUT2D eigenvalue weighted by Crippen LogP contribution is 2.22. The number of nitrogens with one attached hydrogen (secondary N) is 1. The fourth-order valence-corrected chi connectivity index (χ4v) is 3.06. The largest absolute Gasteiger partial charge is 0.319 e. The molecule has 4 rings (SSSR count). The van der Waals surface area contributed by atoms with Gasteiger partial charge >= 0.3 is 0 Å². The van der Waals surface area contributed by atoms with Crippen molar-refractivity contribution < 1.29 is 4.79 Å². The fourth-order valence-electron chi connectivity index (χ4n) is 3.06. The van der Waals surface area contributed by atoms with Gasteiger partial charge < -0.3 is 5.32 Å². The maximum absolute atomic E-state index is 12.8. The van der Waals surface area contributed by atoms with E-state index < -0.39 is 0 Å². The first-order valence-electron chi connectivity index (χ1n) is 9.64. The lowest BCUT2D eigenvalue weighted by Crippen LogP contribution is -2.14. The predicted octanol–water partition coefficient (Wildman–Crippen LogP) is 5.06. The van der Waals surface area contributed by atoms with Gasteiger partial charge in [-0.15, -0.1) is 5.10 Å². The maximum atomic E-state index is 12.8. The molecule has 0 bridgehead atoms. The molecule has 0 unspecified atom stereocenters. The van der Waals surface area contributed by atoms with Crippen molar-refractivity contribution in [3.63, 3.8) is 0 Å². The van der Waals surface area contributed by atoms with Crippen molar-refractivity contribution in [1.29, 1.82) is 0 Å². The van der Waals surface area contributed by atoms with Gasteiger partial charge in [0.15, 0.2) is 5.82 Å². The Balaban J connectivity index is 1.70. The third kappa shape index (κ3) is 4.09. The molecule has 0 aliphatic rings. The molecular weight excluding hydrogens is 360 g/mol. The number of amides is 1. The van der Waals surface area contributed by atoms with Gasteiger partial charge in [0.25, 0.3) is 5.91 Å². The average molecular weight is 382 g/mol. The minimum absolute atomic E-state index is 0.129. The summed E-state index contributed by atoms with van der Waals surface area (Å²) in [4.78, 5) is 17.4. The molecule has 5 nitrogen and oxygen atoms in total. The first-order chi connectivity index (χ1) is 14.1. The second kappa shape index (κ2) is 8.10. The Kier molecular flexibility index (Phi) is 5.20. The average Bonchev–Trinajstić information content (AvgIpc) is 3.21. The van der Waals surface area contributed by atoms with E-state index in [1.54, 1.807) is 4.68 Å². The normalized spacial score (nSPS) is 10.7. The van der Waals surface area contributed by atoms with E-state index in [0.717, 1.165) is 28.9 Å². The fraction of sp³-hybridized carbons (Fsp3) is 0.125. The van der Waals surface area contributed by atoms with E-state index in [4.69, 9.17) is 0 Å². The summed E-state index contributed by atoms with van der Waals surface area (Å²) < 4.78 is 1.71. The zero-order valence-corrected chi connectivity index (χ0v) is 16.5. The van der Waals surface area contributed by atoms with E-state index in [0.29, 0.717) is 5.82 Å². The Bertz CT molecular complexity index is 1110. The molecule has 3 aromatic carbocycles. The molecule has 0 radical (unpaired) electrons. The van der Waals surface area contributed by atoms with Crippen LogP contribution in [0.3, 0.4) is 0 Å². The van der Waals surface area contributed by atoms with Gasteiger partial charge in [-0.3, -0.25) is 4.79 Å². The molecule has 0 aliphatic carbocycles. The minimum Gasteiger partial charge on any atom is -0.319 e. The number of aryl methyl sites for hydroxylation is 2. The van der Waals surface area contributed by atoms with Gasteiger partial charge in [0, 0.05) is 11.3 Å². The number of anilines is 1. The number of hydrogen-bond donors (Lipinski definition) is 1. The summed E-state index contributed by atoms with van der Waals surface area (Å²) in [5.74, 6) is 0.420. The smallest absolute Gasteiger partial charge is 0.295 e. The molecule has 1 heterocycles. The Labute approximate surface area is 170 Å². The number of para-hydroxylation sites is 1. The Morgan fingerprint density at radius 1 is 0.931 bits per heavy atom. The van der Waals surface area contributed by atoms with Gasteiger partial charge in [-0.2, -0.15) is 0 Å². The van der Waals surface area contributed by atoms with Crippen molar-refractivity contribution in [3.05, 3.63) is 95.8 Å². The van der Waals surface area contributed by atoms with Crippen LogP contribution in [0, 0.1) is 6.92 Å². The zero-order chi connectivity index (χ0) is 20.2. The van der Waals surface area contributed by atoms with Crippen LogP contribution >= 0.6 is 0 Å². The van der Waals surface area contributed by atoms with Gasteiger partial charge in [-0.1, -0.05) is 67.1 Å². The van der Waals surface area contributed by atoms with Crippen LogP contribution < -0.4 is 5.32 Å². The molecule has 0 aliphatic heterocycles. The summed E-state index contributed by atoms with van der Waals surface area (Å²) in [5, 5.41) is 7.39. The van der Waals surface area contributed by atoms with Crippen molar-refractivity contribution in [2.24, 2.45) is 0 Å². The highest BCUT2D eigenvalue weighted by Gasteiger charge is 2.19. The number of rotatable bonds is 5. The molecule has 29 heavy (non-hydrogen) atoms. The number of nitrogens with zero attached hydrogens (tertiary/aromatic N) is 3. The third-order valence-electron chi connectivity index (χ3n) is 4.74. The van der Waals surface area contributed by atoms with Crippen LogP contribution in [-0.4, -0.2) is 20.7 Å². The van der Waals surface area contributed by atoms with E-state index >= 15 is 0 Å². The third-order valence-corrected chi connectivity index (χ3v) is 4.74. The second-order valence-electron chi connectivity index (χ2n) is 6.88. The molecular formula is C24H22N4O. The first-order valence-corrected chi connectivity index (χ1v) is 9.64. The number of hydrogen-bond acceptors (Lipinski definition) is 3. The topological polar surface area (TPSA) is 59.8 Å². The number of aromatic nitrogens is 3. The summed E-state index contributed by atoms with van der Waals surface area (Å²) in [5.41, 5.74) is 4.85. The van der Waals surface area contributed by atoms with Crippen LogP contribution in [0.4, 0.5) is 5.69 Å². The number of carbonyl (C=O) groups excluding carboxylic acids is 1. The highest BCUT2D eigenvalue weighted by atomic mass is 16.2. The van der Waals surface area contributed by atoms with E-state index in [1.165, 1.54) is 5.56 Å². The van der Waals surface area contributed by atoms with Crippen molar-refractivity contribution in [1.82, 2.24) is 14.8 Å². The lowest BCUT2D eigenvalue weighted by Gasteiger charge is -2.05. The molecule has 1 aromatic heterocycles. The molecule has 1 amide bonds. The second-order valence-corrected chi connectivity index (χ2v) is 6.88. The molecule has 5 heteroatoms. The summed E-state index contributed by atoms with van der Waals surface area (Å²) in [6, 6.07) is 25.5. The minimum atomic E-state index is -0.336. The molecule has 144 valence electrons. The van der Waals surface area contributed by atoms with Crippen LogP contribution in [0.25, 0.3) is 17.1 Å². The van der Waals surface area contributed by atoms with Crippen LogP contribution in [0.2, 0.25) is 0 Å². The summed E-state index contributed by atoms with van der Waals surface area (Å²) in [6.07, 6.45) is 0.956. The zero-order valence-electron chi connectivity index (χ0n) is 16.5. The molecule has 1 N–H and O–H groups in total. The molecule has 0 atom stereocenters. The van der Waals surface area contributed by atoms with Crippen molar-refractivity contribution >= 4 is 11.6 Å². The van der Waals surface area contributed by atoms with Crippen LogP contribution in [0.5, 0.6) is 0 Å². The summed E-state index contributed by atoms with van der Waals surface area (Å²) >= 11 is 0. The lowest BCUT2D eigenvalue weighted by molar-refractivity contribution is 0.101. The molecule has 4 aromatic rings. The Morgan fingerprint density at radius 3 is 2.28 bits per heavy atom. The first kappa shape index (κ1) is 18.6. The summed E-state index contributed by atoms with van der Waals surface area (Å²) in [6.45, 7) is 4.13. The van der Waals surface area contributed by atoms with Gasteiger partial charge in [0.05, 0.1) is 5.69 Å². The quantitative estimate of drug-likeness (QED) is 0.525. The van der Waals surface area contributed by atoms with Gasteiger partial charge in [-0.25, -0.2) is 9.67 Å². The maximum Gasteiger partial charge on any atom is 0.295 e. The molecule has 0 saturated heterocycles. The van der Waals surface area contributed by atoms with Crippen molar-refractivity contribution in [2.45, 2.75) is 20.3 Å². The van der Waals surface area contributed by atoms with Gasteiger partial charge in [0.1, 0.15) is 0 Å². The van der Waals surface area contributed by atoms with E-state index in [9.17, 15) is 4.79 Å². The Hall–Kier alpha value is -3.73. The highest BCUT2D eigenvalue weighted by molar-refractivity contribution is 6.01. The standard InChI is InChI=1S/C24H22N4O/c1-3-18-11-15-20(16-12-18)25-24(29)22-26-23(19-13-9-17(2)10-14-19)28(27-22)21-7-5-4-6-8-21/h4-16H,3H2,1-2H3,(H,25,29). The number of benzene rings is 3. The van der Waals surface area contributed by atoms with Crippen LogP contribution in [0.1, 0.15) is 28.7 Å². The van der Waals surface area contributed by atoms with Crippen LogP contribution in [0.15, 0.2) is 78.9 Å². The molecule has 0 saturated carbocycles. The SMILES string of the molecule is CCc1ccc(NC(=O)c2nc(-c3ccc(C)cc3)n(-c3ccccc3)n2)cc1. The van der Waals surface area contributed by atoms with E-state index in [2.05, 4.69) is 22.3 Å². The van der Waals surface area contributed by atoms with Crippen LogP contribution in [-0.2, 0) is 6.42 Å². The summed E-state index contributed by atoms with van der Waals surface area (Å²) in [7, 11) is 0. The lowest BCUT2D eigenvalue weighted by atomic mass is 10.1. The van der Waals surface area contributed by atoms with Gasteiger partial charge in [-0.05, 0) is 43.2 Å². The van der Waals surface area contributed by atoms with E-state index in [1.807, 2.05) is 85.8 Å². The molecule has 0 spiro atoms. The predicted molar refractivity (Wildman–Crippen MR) is 115 cm³/mol. The number of carbonyl (C=O) groups is 1. The Morgan fingerprint density at radius 2 is 1.62 bits per heavy atom. The van der Waals surface area contributed by atoms with E-state index in [-0.39, 0.29) is 11.7 Å². The molecule has 0 fully saturated rings.